The summed E-state index contributed by atoms with van der Waals surface area (Å²) in [5, 5.41) is 3.45. The monoisotopic (exact) mass is 283 g/mol. The lowest BCUT2D eigenvalue weighted by Gasteiger charge is -2.21. The Bertz CT molecular complexity index is 292. The molecule has 1 rings (SSSR count). The van der Waals surface area contributed by atoms with E-state index in [-0.39, 0.29) is 0 Å². The number of hydrogen-bond donors (Lipinski definition) is 1. The van der Waals surface area contributed by atoms with Crippen LogP contribution in [-0.2, 0) is 6.42 Å². The van der Waals surface area contributed by atoms with Gasteiger partial charge in [0.15, 0.2) is 0 Å². The normalized spacial score (nSPS) is 13.1. The van der Waals surface area contributed by atoms with Crippen LogP contribution in [0.15, 0.2) is 28.7 Å². The second-order valence-electron chi connectivity index (χ2n) is 4.64. The lowest BCUT2D eigenvalue weighted by molar-refractivity contribution is 0.364. The molecule has 0 spiro atoms. The van der Waals surface area contributed by atoms with Crippen LogP contribution in [0, 0.1) is 11.8 Å². The summed E-state index contributed by atoms with van der Waals surface area (Å²) >= 11 is 3.47. The van der Waals surface area contributed by atoms with Crippen LogP contribution in [0.1, 0.15) is 26.3 Å². The van der Waals surface area contributed by atoms with Gasteiger partial charge in [-0.15, -0.1) is 0 Å². The first-order valence-corrected chi connectivity index (χ1v) is 6.88. The van der Waals surface area contributed by atoms with Gasteiger partial charge in [-0.25, -0.2) is 0 Å². The molecule has 1 nitrogen and oxygen atoms in total. The summed E-state index contributed by atoms with van der Waals surface area (Å²) in [5.74, 6) is 1.45. The van der Waals surface area contributed by atoms with Gasteiger partial charge in [-0.3, -0.25) is 0 Å². The van der Waals surface area contributed by atoms with E-state index in [0.29, 0.717) is 0 Å². The van der Waals surface area contributed by atoms with Gasteiger partial charge in [-0.2, -0.15) is 0 Å². The standard InChI is InChI=1S/C14H22BrN/c1-4-16-10-13(11(2)3)9-12-5-7-14(15)8-6-12/h5-8,11,13,16H,4,9-10H2,1-3H3. The van der Waals surface area contributed by atoms with Crippen LogP contribution in [0.5, 0.6) is 0 Å². The number of rotatable bonds is 6. The fourth-order valence-electron chi connectivity index (χ4n) is 1.80. The first-order valence-electron chi connectivity index (χ1n) is 6.08. The van der Waals surface area contributed by atoms with Gasteiger partial charge in [0.05, 0.1) is 0 Å². The van der Waals surface area contributed by atoms with Crippen molar-refractivity contribution < 1.29 is 0 Å². The van der Waals surface area contributed by atoms with E-state index in [1.54, 1.807) is 0 Å². The van der Waals surface area contributed by atoms with Crippen molar-refractivity contribution in [3.05, 3.63) is 34.3 Å². The van der Waals surface area contributed by atoms with Gasteiger partial charge in [0.1, 0.15) is 0 Å². The van der Waals surface area contributed by atoms with Crippen molar-refractivity contribution in [3.63, 3.8) is 0 Å². The van der Waals surface area contributed by atoms with Crippen LogP contribution in [-0.4, -0.2) is 13.1 Å². The third kappa shape index (κ3) is 4.67. The van der Waals surface area contributed by atoms with Crippen molar-refractivity contribution in [1.29, 1.82) is 0 Å². The maximum absolute atomic E-state index is 3.47. The molecule has 1 unspecified atom stereocenters. The van der Waals surface area contributed by atoms with E-state index < -0.39 is 0 Å². The van der Waals surface area contributed by atoms with Gasteiger partial charge in [0, 0.05) is 4.47 Å². The molecule has 0 heterocycles. The van der Waals surface area contributed by atoms with Gasteiger partial charge in [0.25, 0.3) is 0 Å². The van der Waals surface area contributed by atoms with Gasteiger partial charge in [-0.1, -0.05) is 48.8 Å². The summed E-state index contributed by atoms with van der Waals surface area (Å²) in [6, 6.07) is 8.68. The van der Waals surface area contributed by atoms with E-state index in [0.717, 1.165) is 35.8 Å². The van der Waals surface area contributed by atoms with Crippen LogP contribution >= 0.6 is 15.9 Å². The second-order valence-corrected chi connectivity index (χ2v) is 5.56. The molecule has 1 N–H and O–H groups in total. The molecular formula is C14H22BrN. The van der Waals surface area contributed by atoms with Crippen molar-refractivity contribution in [1.82, 2.24) is 5.32 Å². The van der Waals surface area contributed by atoms with E-state index in [2.05, 4.69) is 66.3 Å². The van der Waals surface area contributed by atoms with Crippen LogP contribution in [0.3, 0.4) is 0 Å². The Hall–Kier alpha value is -0.340. The summed E-state index contributed by atoms with van der Waals surface area (Å²) in [6.45, 7) is 8.95. The molecule has 0 amide bonds. The smallest absolute Gasteiger partial charge is 0.0175 e. The minimum atomic E-state index is 0.723. The predicted octanol–water partition coefficient (Wildman–Crippen LogP) is 3.87. The van der Waals surface area contributed by atoms with Crippen LogP contribution < -0.4 is 5.32 Å². The summed E-state index contributed by atoms with van der Waals surface area (Å²) in [4.78, 5) is 0. The predicted molar refractivity (Wildman–Crippen MR) is 74.7 cm³/mol. The molecular weight excluding hydrogens is 262 g/mol. The lowest BCUT2D eigenvalue weighted by atomic mass is 9.89. The highest BCUT2D eigenvalue weighted by atomic mass is 79.9. The van der Waals surface area contributed by atoms with Crippen LogP contribution in [0.25, 0.3) is 0 Å². The third-order valence-electron chi connectivity index (χ3n) is 3.01. The molecule has 0 aliphatic carbocycles. The van der Waals surface area contributed by atoms with Crippen molar-refractivity contribution >= 4 is 15.9 Å². The van der Waals surface area contributed by atoms with E-state index in [4.69, 9.17) is 0 Å². The van der Waals surface area contributed by atoms with E-state index in [9.17, 15) is 0 Å². The summed E-state index contributed by atoms with van der Waals surface area (Å²) in [7, 11) is 0. The maximum Gasteiger partial charge on any atom is 0.0175 e. The number of hydrogen-bond acceptors (Lipinski definition) is 1. The maximum atomic E-state index is 3.47. The molecule has 0 radical (unpaired) electrons. The topological polar surface area (TPSA) is 12.0 Å². The molecule has 0 saturated heterocycles. The highest BCUT2D eigenvalue weighted by molar-refractivity contribution is 9.10. The highest BCUT2D eigenvalue weighted by Crippen LogP contribution is 2.18. The Kier molecular flexibility index (Phi) is 6.07. The average molecular weight is 284 g/mol. The van der Waals surface area contributed by atoms with Gasteiger partial charge >= 0.3 is 0 Å². The van der Waals surface area contributed by atoms with Gasteiger partial charge in [0.2, 0.25) is 0 Å². The lowest BCUT2D eigenvalue weighted by Crippen LogP contribution is -2.27. The number of nitrogens with one attached hydrogen (secondary N) is 1. The zero-order valence-electron chi connectivity index (χ0n) is 10.5. The minimum Gasteiger partial charge on any atom is -0.317 e. The number of benzene rings is 1. The minimum absolute atomic E-state index is 0.723. The Balaban J connectivity index is 2.57. The molecule has 0 aliphatic rings. The molecule has 0 saturated carbocycles. The summed E-state index contributed by atoms with van der Waals surface area (Å²) in [6.07, 6.45) is 1.16. The fourth-order valence-corrected chi connectivity index (χ4v) is 2.06. The molecule has 0 fully saturated rings. The molecule has 1 aromatic rings. The van der Waals surface area contributed by atoms with Crippen molar-refractivity contribution in [2.24, 2.45) is 11.8 Å². The van der Waals surface area contributed by atoms with E-state index >= 15 is 0 Å². The molecule has 90 valence electrons. The Labute approximate surface area is 108 Å². The molecule has 1 aromatic carbocycles. The van der Waals surface area contributed by atoms with Crippen LogP contribution in [0.2, 0.25) is 0 Å². The third-order valence-corrected chi connectivity index (χ3v) is 3.54. The number of halogens is 1. The highest BCUT2D eigenvalue weighted by Gasteiger charge is 2.13. The zero-order valence-corrected chi connectivity index (χ0v) is 12.0. The van der Waals surface area contributed by atoms with Crippen molar-refractivity contribution in [2.45, 2.75) is 27.2 Å². The summed E-state index contributed by atoms with van der Waals surface area (Å²) in [5.41, 5.74) is 1.43. The molecule has 2 heteroatoms. The van der Waals surface area contributed by atoms with E-state index in [1.807, 2.05) is 0 Å². The quantitative estimate of drug-likeness (QED) is 0.836. The van der Waals surface area contributed by atoms with Crippen molar-refractivity contribution in [3.8, 4) is 0 Å². The first-order chi connectivity index (χ1) is 7.63. The molecule has 0 bridgehead atoms. The Morgan fingerprint density at radius 3 is 2.31 bits per heavy atom. The molecule has 1 atom stereocenters. The Morgan fingerprint density at radius 1 is 1.19 bits per heavy atom. The second kappa shape index (κ2) is 7.08. The average Bonchev–Trinajstić information content (AvgIpc) is 2.26. The van der Waals surface area contributed by atoms with Gasteiger partial charge < -0.3 is 5.32 Å². The van der Waals surface area contributed by atoms with Crippen LogP contribution in [0.4, 0.5) is 0 Å². The Morgan fingerprint density at radius 2 is 1.81 bits per heavy atom. The first kappa shape index (κ1) is 13.7. The molecule has 0 aliphatic heterocycles. The fraction of sp³-hybridized carbons (Fsp3) is 0.571. The van der Waals surface area contributed by atoms with Crippen molar-refractivity contribution in [2.75, 3.05) is 13.1 Å². The zero-order chi connectivity index (χ0) is 12.0. The largest absolute Gasteiger partial charge is 0.317 e. The van der Waals surface area contributed by atoms with E-state index in [1.165, 1.54) is 5.56 Å². The summed E-state index contributed by atoms with van der Waals surface area (Å²) < 4.78 is 1.16. The molecule has 0 aromatic heterocycles. The molecule has 16 heavy (non-hydrogen) atoms. The SMILES string of the molecule is CCNCC(Cc1ccc(Br)cc1)C(C)C. The van der Waals surface area contributed by atoms with Gasteiger partial charge in [-0.05, 0) is 49.0 Å².